The van der Waals surface area contributed by atoms with E-state index in [0.29, 0.717) is 17.9 Å². The number of methoxy groups -OCH3 is 1. The first-order valence-electron chi connectivity index (χ1n) is 6.04. The number of anilines is 1. The quantitative estimate of drug-likeness (QED) is 0.643. The zero-order chi connectivity index (χ0) is 14.3. The molecule has 1 amide bonds. The molecule has 19 heavy (non-hydrogen) atoms. The lowest BCUT2D eigenvalue weighted by Crippen LogP contribution is -2.15. The van der Waals surface area contributed by atoms with E-state index in [2.05, 4.69) is 16.1 Å². The minimum Gasteiger partial charge on any atom is -0.469 e. The molecule has 0 atom stereocenters. The van der Waals surface area contributed by atoms with E-state index in [9.17, 15) is 9.59 Å². The molecule has 1 aromatic carbocycles. The number of ether oxygens (including phenoxy) is 1. The lowest BCUT2D eigenvalue weighted by molar-refractivity contribution is -0.140. The van der Waals surface area contributed by atoms with Gasteiger partial charge in [0, 0.05) is 11.4 Å². The third-order valence-corrected chi connectivity index (χ3v) is 3.38. The molecular formula is C14H19NO3S. The second-order valence-corrected chi connectivity index (χ2v) is 5.41. The van der Waals surface area contributed by atoms with Crippen molar-refractivity contribution in [3.63, 3.8) is 0 Å². The minimum atomic E-state index is -0.248. The summed E-state index contributed by atoms with van der Waals surface area (Å²) < 4.78 is 4.53. The van der Waals surface area contributed by atoms with Crippen LogP contribution in [0.1, 0.15) is 17.5 Å². The van der Waals surface area contributed by atoms with Crippen molar-refractivity contribution >= 4 is 29.3 Å². The Labute approximate surface area is 117 Å². The number of carbonyl (C=O) groups is 2. The number of hydrogen-bond donors (Lipinski definition) is 1. The van der Waals surface area contributed by atoms with E-state index in [4.69, 9.17) is 0 Å². The summed E-state index contributed by atoms with van der Waals surface area (Å²) in [5.41, 5.74) is 3.05. The van der Waals surface area contributed by atoms with Crippen LogP contribution >= 0.6 is 11.8 Å². The molecule has 0 aromatic heterocycles. The van der Waals surface area contributed by atoms with Crippen molar-refractivity contribution < 1.29 is 14.3 Å². The SMILES string of the molecule is COC(=O)CCSCC(=O)Nc1cc(C)cc(C)c1. The van der Waals surface area contributed by atoms with Crippen LogP contribution in [0.4, 0.5) is 5.69 Å². The fraction of sp³-hybridized carbons (Fsp3) is 0.429. The Hall–Kier alpha value is -1.49. The molecule has 0 heterocycles. The monoisotopic (exact) mass is 281 g/mol. The summed E-state index contributed by atoms with van der Waals surface area (Å²) in [6.45, 7) is 3.99. The number of amides is 1. The minimum absolute atomic E-state index is 0.0557. The fourth-order valence-corrected chi connectivity index (χ4v) is 2.38. The van der Waals surface area contributed by atoms with Crippen molar-refractivity contribution in [3.8, 4) is 0 Å². The molecule has 1 aromatic rings. The molecule has 0 aliphatic rings. The van der Waals surface area contributed by atoms with E-state index in [0.717, 1.165) is 16.8 Å². The Morgan fingerprint density at radius 1 is 1.21 bits per heavy atom. The van der Waals surface area contributed by atoms with Crippen molar-refractivity contribution in [2.24, 2.45) is 0 Å². The highest BCUT2D eigenvalue weighted by Crippen LogP contribution is 2.14. The average molecular weight is 281 g/mol. The second kappa shape index (κ2) is 7.84. The van der Waals surface area contributed by atoms with Crippen LogP contribution in [0.3, 0.4) is 0 Å². The predicted molar refractivity (Wildman–Crippen MR) is 78.5 cm³/mol. The average Bonchev–Trinajstić information content (AvgIpc) is 2.33. The number of aryl methyl sites for hydroxylation is 2. The molecule has 0 unspecified atom stereocenters. The molecule has 0 aliphatic heterocycles. The Morgan fingerprint density at radius 3 is 2.42 bits per heavy atom. The van der Waals surface area contributed by atoms with E-state index in [1.165, 1.54) is 18.9 Å². The number of benzene rings is 1. The summed E-state index contributed by atoms with van der Waals surface area (Å²) in [6, 6.07) is 5.93. The lowest BCUT2D eigenvalue weighted by atomic mass is 10.1. The van der Waals surface area contributed by atoms with Gasteiger partial charge >= 0.3 is 5.97 Å². The van der Waals surface area contributed by atoms with Gasteiger partial charge in [0.1, 0.15) is 0 Å². The van der Waals surface area contributed by atoms with Crippen LogP contribution in [0.5, 0.6) is 0 Å². The van der Waals surface area contributed by atoms with Crippen LogP contribution < -0.4 is 5.32 Å². The van der Waals surface area contributed by atoms with Gasteiger partial charge in [-0.3, -0.25) is 9.59 Å². The van der Waals surface area contributed by atoms with Gasteiger partial charge in [-0.15, -0.1) is 0 Å². The van der Waals surface area contributed by atoms with Gasteiger partial charge in [0.2, 0.25) is 5.91 Å². The van der Waals surface area contributed by atoms with Gasteiger partial charge in [-0.05, 0) is 37.1 Å². The smallest absolute Gasteiger partial charge is 0.306 e. The van der Waals surface area contributed by atoms with Crippen LogP contribution in [0.25, 0.3) is 0 Å². The number of hydrogen-bond acceptors (Lipinski definition) is 4. The maximum absolute atomic E-state index is 11.7. The van der Waals surface area contributed by atoms with E-state index in [-0.39, 0.29) is 11.9 Å². The highest BCUT2D eigenvalue weighted by molar-refractivity contribution is 7.99. The first kappa shape index (κ1) is 15.6. The molecule has 104 valence electrons. The topological polar surface area (TPSA) is 55.4 Å². The summed E-state index contributed by atoms with van der Waals surface area (Å²) in [7, 11) is 1.36. The number of esters is 1. The van der Waals surface area contributed by atoms with Gasteiger partial charge in [0.25, 0.3) is 0 Å². The van der Waals surface area contributed by atoms with Crippen molar-refractivity contribution in [2.75, 3.05) is 23.9 Å². The highest BCUT2D eigenvalue weighted by atomic mass is 32.2. The molecule has 5 heteroatoms. The van der Waals surface area contributed by atoms with E-state index in [1.54, 1.807) is 0 Å². The zero-order valence-electron chi connectivity index (χ0n) is 11.5. The van der Waals surface area contributed by atoms with Crippen molar-refractivity contribution in [1.82, 2.24) is 0 Å². The van der Waals surface area contributed by atoms with Crippen LogP contribution in [0, 0.1) is 13.8 Å². The summed E-state index contributed by atoms with van der Waals surface area (Å²) in [5, 5.41) is 2.85. The summed E-state index contributed by atoms with van der Waals surface area (Å²) in [4.78, 5) is 22.6. The van der Waals surface area contributed by atoms with Gasteiger partial charge in [-0.25, -0.2) is 0 Å². The number of nitrogens with one attached hydrogen (secondary N) is 1. The van der Waals surface area contributed by atoms with Crippen molar-refractivity contribution in [3.05, 3.63) is 29.3 Å². The number of rotatable bonds is 6. The predicted octanol–water partition coefficient (Wildman–Crippen LogP) is 2.54. The Morgan fingerprint density at radius 2 is 1.84 bits per heavy atom. The van der Waals surface area contributed by atoms with Gasteiger partial charge in [-0.2, -0.15) is 11.8 Å². The van der Waals surface area contributed by atoms with Crippen LogP contribution in [0.2, 0.25) is 0 Å². The Bertz CT molecular complexity index is 440. The second-order valence-electron chi connectivity index (χ2n) is 4.30. The molecule has 0 saturated carbocycles. The maximum Gasteiger partial charge on any atom is 0.306 e. The third kappa shape index (κ3) is 6.29. The maximum atomic E-state index is 11.7. The number of carbonyl (C=O) groups excluding carboxylic acids is 2. The van der Waals surface area contributed by atoms with Crippen LogP contribution in [0.15, 0.2) is 18.2 Å². The molecule has 4 nitrogen and oxygen atoms in total. The molecule has 0 spiro atoms. The first-order chi connectivity index (χ1) is 9.01. The van der Waals surface area contributed by atoms with E-state index in [1.807, 2.05) is 26.0 Å². The van der Waals surface area contributed by atoms with Gasteiger partial charge in [-0.1, -0.05) is 6.07 Å². The van der Waals surface area contributed by atoms with Crippen molar-refractivity contribution in [2.45, 2.75) is 20.3 Å². The summed E-state index contributed by atoms with van der Waals surface area (Å²) >= 11 is 1.42. The lowest BCUT2D eigenvalue weighted by Gasteiger charge is -2.07. The normalized spacial score (nSPS) is 10.1. The molecule has 0 radical (unpaired) electrons. The Balaban J connectivity index is 2.33. The molecule has 0 bridgehead atoms. The summed E-state index contributed by atoms with van der Waals surface area (Å²) in [5.74, 6) is 0.624. The molecule has 0 saturated heterocycles. The molecule has 1 N–H and O–H groups in total. The Kier molecular flexibility index (Phi) is 6.42. The summed E-state index contributed by atoms with van der Waals surface area (Å²) in [6.07, 6.45) is 0.331. The van der Waals surface area contributed by atoms with Gasteiger partial charge in [0.05, 0.1) is 19.3 Å². The standard InChI is InChI=1S/C14H19NO3S/c1-10-6-11(2)8-12(7-10)15-13(16)9-19-5-4-14(17)18-3/h6-8H,4-5,9H2,1-3H3,(H,15,16). The molecule has 0 aliphatic carbocycles. The van der Waals surface area contributed by atoms with Crippen LogP contribution in [-0.4, -0.2) is 30.5 Å². The molecular weight excluding hydrogens is 262 g/mol. The third-order valence-electron chi connectivity index (χ3n) is 2.42. The van der Waals surface area contributed by atoms with E-state index < -0.39 is 0 Å². The van der Waals surface area contributed by atoms with Crippen molar-refractivity contribution in [1.29, 1.82) is 0 Å². The fourth-order valence-electron chi connectivity index (χ4n) is 1.67. The van der Waals surface area contributed by atoms with Gasteiger partial charge < -0.3 is 10.1 Å². The van der Waals surface area contributed by atoms with Crippen LogP contribution in [-0.2, 0) is 14.3 Å². The van der Waals surface area contributed by atoms with E-state index >= 15 is 0 Å². The first-order valence-corrected chi connectivity index (χ1v) is 7.19. The highest BCUT2D eigenvalue weighted by Gasteiger charge is 2.05. The van der Waals surface area contributed by atoms with Gasteiger partial charge in [0.15, 0.2) is 0 Å². The number of thioether (sulfide) groups is 1. The molecule has 0 fully saturated rings. The largest absolute Gasteiger partial charge is 0.469 e. The zero-order valence-corrected chi connectivity index (χ0v) is 12.3. The molecule has 1 rings (SSSR count).